The van der Waals surface area contributed by atoms with E-state index in [4.69, 9.17) is 9.47 Å². The third-order valence-electron chi connectivity index (χ3n) is 15.9. The van der Waals surface area contributed by atoms with Crippen LogP contribution in [0.5, 0.6) is 0 Å². The Hall–Kier alpha value is -1.67. The molecule has 0 radical (unpaired) electrons. The molecule has 0 aromatic heterocycles. The molecule has 74 heavy (non-hydrogen) atoms. The molecule has 0 saturated carbocycles. The second-order valence-corrected chi connectivity index (χ2v) is 23.2. The lowest BCUT2D eigenvalue weighted by molar-refractivity contribution is -0.150. The SMILES string of the molecule is CCCCCCCCC(CCCCCC)C(=O)OCCCCCCN(CCCCCCOC(=O)C(CCCCCC)CCCCCCCC)CCCCN(C)CCCCC(=O)N(CCCCCC)CCCCCC. The smallest absolute Gasteiger partial charge is 0.308 e. The number of rotatable bonds is 60. The number of amides is 1. The van der Waals surface area contributed by atoms with Gasteiger partial charge < -0.3 is 24.2 Å². The quantitative estimate of drug-likeness (QED) is 0.0443. The maximum atomic E-state index is 13.2. The van der Waals surface area contributed by atoms with Gasteiger partial charge in [-0.25, -0.2) is 0 Å². The largest absolute Gasteiger partial charge is 0.465 e. The number of nitrogens with zero attached hydrogens (tertiary/aromatic N) is 3. The van der Waals surface area contributed by atoms with Gasteiger partial charge in [-0.3, -0.25) is 14.4 Å². The summed E-state index contributed by atoms with van der Waals surface area (Å²) in [4.78, 5) is 47.0. The Morgan fingerprint density at radius 2 is 0.581 bits per heavy atom. The molecule has 1 amide bonds. The van der Waals surface area contributed by atoms with Crippen molar-refractivity contribution < 1.29 is 23.9 Å². The Morgan fingerprint density at radius 1 is 0.311 bits per heavy atom. The molecule has 0 aromatic carbocycles. The molecule has 0 aliphatic carbocycles. The van der Waals surface area contributed by atoms with E-state index in [9.17, 15) is 14.4 Å². The molecule has 8 nitrogen and oxygen atoms in total. The minimum atomic E-state index is 0.0639. The first-order chi connectivity index (χ1) is 36.3. The fourth-order valence-electron chi connectivity index (χ4n) is 10.7. The highest BCUT2D eigenvalue weighted by Gasteiger charge is 2.21. The van der Waals surface area contributed by atoms with Crippen LogP contribution in [0.15, 0.2) is 0 Å². The van der Waals surface area contributed by atoms with Crippen LogP contribution in [-0.4, -0.2) is 98.6 Å². The van der Waals surface area contributed by atoms with Crippen molar-refractivity contribution >= 4 is 17.8 Å². The molecule has 0 aromatic rings. The topological polar surface area (TPSA) is 79.4 Å². The summed E-state index contributed by atoms with van der Waals surface area (Å²) in [7, 11) is 2.26. The molecular formula is C66H131N3O5. The number of hydrogen-bond acceptors (Lipinski definition) is 7. The first kappa shape index (κ1) is 72.3. The van der Waals surface area contributed by atoms with E-state index in [0.717, 1.165) is 149 Å². The van der Waals surface area contributed by atoms with Gasteiger partial charge in [0.15, 0.2) is 0 Å². The van der Waals surface area contributed by atoms with Gasteiger partial charge in [0.05, 0.1) is 25.0 Å². The minimum absolute atomic E-state index is 0.0639. The van der Waals surface area contributed by atoms with Crippen molar-refractivity contribution in [2.75, 3.05) is 66.1 Å². The zero-order chi connectivity index (χ0) is 54.2. The summed E-state index contributed by atoms with van der Waals surface area (Å²) in [5.41, 5.74) is 0. The van der Waals surface area contributed by atoms with Gasteiger partial charge in [0.25, 0.3) is 0 Å². The zero-order valence-electron chi connectivity index (χ0n) is 51.2. The Morgan fingerprint density at radius 3 is 0.973 bits per heavy atom. The van der Waals surface area contributed by atoms with Crippen LogP contribution in [0, 0.1) is 11.8 Å². The Balaban J connectivity index is 5.04. The van der Waals surface area contributed by atoms with Gasteiger partial charge in [-0.15, -0.1) is 0 Å². The average Bonchev–Trinajstić information content (AvgIpc) is 3.40. The van der Waals surface area contributed by atoms with Crippen LogP contribution in [-0.2, 0) is 23.9 Å². The monoisotopic (exact) mass is 1050 g/mol. The summed E-state index contributed by atoms with van der Waals surface area (Å²) in [6.07, 6.45) is 52.7. The van der Waals surface area contributed by atoms with Crippen LogP contribution in [0.25, 0.3) is 0 Å². The van der Waals surface area contributed by atoms with Gasteiger partial charge >= 0.3 is 11.9 Å². The average molecular weight is 1050 g/mol. The highest BCUT2D eigenvalue weighted by atomic mass is 16.5. The van der Waals surface area contributed by atoms with Gasteiger partial charge in [-0.05, 0) is 130 Å². The lowest BCUT2D eigenvalue weighted by atomic mass is 9.94. The fourth-order valence-corrected chi connectivity index (χ4v) is 10.7. The molecule has 0 rings (SSSR count). The Kier molecular flexibility index (Phi) is 56.2. The van der Waals surface area contributed by atoms with Crippen molar-refractivity contribution in [2.24, 2.45) is 11.8 Å². The first-order valence-electron chi connectivity index (χ1n) is 33.3. The number of ether oxygens (including phenoxy) is 2. The molecule has 0 aliphatic rings. The lowest BCUT2D eigenvalue weighted by Gasteiger charge is -2.24. The number of hydrogen-bond donors (Lipinski definition) is 0. The highest BCUT2D eigenvalue weighted by Crippen LogP contribution is 2.23. The predicted octanol–water partition coefficient (Wildman–Crippen LogP) is 19.0. The van der Waals surface area contributed by atoms with Crippen LogP contribution >= 0.6 is 0 Å². The Bertz CT molecular complexity index is 1110. The maximum absolute atomic E-state index is 13.2. The van der Waals surface area contributed by atoms with Crippen LogP contribution in [0.2, 0.25) is 0 Å². The molecule has 2 atom stereocenters. The molecule has 0 N–H and O–H groups in total. The van der Waals surface area contributed by atoms with Gasteiger partial charge in [0, 0.05) is 19.5 Å². The van der Waals surface area contributed by atoms with Gasteiger partial charge in [-0.1, -0.05) is 234 Å². The molecule has 440 valence electrons. The van der Waals surface area contributed by atoms with E-state index in [1.54, 1.807) is 0 Å². The van der Waals surface area contributed by atoms with Crippen LogP contribution < -0.4 is 0 Å². The summed E-state index contributed by atoms with van der Waals surface area (Å²) in [6, 6.07) is 0. The van der Waals surface area contributed by atoms with Gasteiger partial charge in [-0.2, -0.15) is 0 Å². The van der Waals surface area contributed by atoms with Crippen molar-refractivity contribution in [3.8, 4) is 0 Å². The van der Waals surface area contributed by atoms with Crippen molar-refractivity contribution in [1.82, 2.24) is 14.7 Å². The van der Waals surface area contributed by atoms with E-state index in [2.05, 4.69) is 63.3 Å². The highest BCUT2D eigenvalue weighted by molar-refractivity contribution is 5.76. The van der Waals surface area contributed by atoms with Gasteiger partial charge in [0.1, 0.15) is 0 Å². The summed E-state index contributed by atoms with van der Waals surface area (Å²) >= 11 is 0. The fraction of sp³-hybridized carbons (Fsp3) is 0.955. The molecule has 2 unspecified atom stereocenters. The van der Waals surface area contributed by atoms with Crippen molar-refractivity contribution in [3.05, 3.63) is 0 Å². The molecule has 0 aliphatic heterocycles. The summed E-state index contributed by atoms with van der Waals surface area (Å²) in [5.74, 6) is 0.669. The van der Waals surface area contributed by atoms with E-state index < -0.39 is 0 Å². The number of carbonyl (C=O) groups is 3. The van der Waals surface area contributed by atoms with E-state index >= 15 is 0 Å². The van der Waals surface area contributed by atoms with Crippen molar-refractivity contribution in [3.63, 3.8) is 0 Å². The van der Waals surface area contributed by atoms with E-state index in [1.807, 2.05) is 0 Å². The Labute approximate surface area is 462 Å². The normalized spacial score (nSPS) is 12.5. The van der Waals surface area contributed by atoms with Crippen molar-refractivity contribution in [2.45, 2.75) is 330 Å². The van der Waals surface area contributed by atoms with E-state index in [-0.39, 0.29) is 23.8 Å². The van der Waals surface area contributed by atoms with Crippen LogP contribution in [0.1, 0.15) is 330 Å². The van der Waals surface area contributed by atoms with E-state index in [0.29, 0.717) is 25.5 Å². The number of carbonyl (C=O) groups excluding carboxylic acids is 3. The first-order valence-corrected chi connectivity index (χ1v) is 33.3. The van der Waals surface area contributed by atoms with Crippen molar-refractivity contribution in [1.29, 1.82) is 0 Å². The molecular weight excluding hydrogens is 915 g/mol. The summed E-state index contributed by atoms with van der Waals surface area (Å²) in [5, 5.41) is 0. The summed E-state index contributed by atoms with van der Waals surface area (Å²) in [6.45, 7) is 22.1. The molecule has 0 saturated heterocycles. The molecule has 0 bridgehead atoms. The second-order valence-electron chi connectivity index (χ2n) is 23.2. The molecule has 0 heterocycles. The number of unbranched alkanes of at least 4 members (excludes halogenated alkanes) is 30. The summed E-state index contributed by atoms with van der Waals surface area (Å²) < 4.78 is 11.9. The minimum Gasteiger partial charge on any atom is -0.465 e. The van der Waals surface area contributed by atoms with Crippen LogP contribution in [0.3, 0.4) is 0 Å². The third kappa shape index (κ3) is 47.5. The predicted molar refractivity (Wildman–Crippen MR) is 321 cm³/mol. The standard InChI is InChI=1S/C66H131N3O5/c1-8-14-20-26-28-36-50-62(48-34-22-16-10-3)65(71)73-60-46-32-30-39-55-68(56-40-31-33-47-61-74-66(72)63(49-35-23-17-11-4)51-37-29-27-21-15-9-2)57-45-44-54-67(7)53-43-38-52-64(70)69(58-41-24-18-12-5)59-42-25-19-13-6/h62-63H,8-61H2,1-7H3. The van der Waals surface area contributed by atoms with Gasteiger partial charge in [0.2, 0.25) is 5.91 Å². The number of esters is 2. The van der Waals surface area contributed by atoms with E-state index in [1.165, 1.54) is 180 Å². The second kappa shape index (κ2) is 57.5. The molecule has 0 spiro atoms. The third-order valence-corrected chi connectivity index (χ3v) is 15.9. The maximum Gasteiger partial charge on any atom is 0.308 e. The van der Waals surface area contributed by atoms with Crippen LogP contribution in [0.4, 0.5) is 0 Å². The molecule has 8 heteroatoms. The zero-order valence-corrected chi connectivity index (χ0v) is 51.2. The lowest BCUT2D eigenvalue weighted by Crippen LogP contribution is -2.33. The molecule has 0 fully saturated rings.